The van der Waals surface area contributed by atoms with E-state index in [4.69, 9.17) is 4.74 Å². The highest BCUT2D eigenvalue weighted by Gasteiger charge is 2.16. The fraction of sp³-hybridized carbons (Fsp3) is 0.417. The summed E-state index contributed by atoms with van der Waals surface area (Å²) in [6.45, 7) is 13.1. The SMILES string of the molecule is C=CCOc1ccccc1CNC(=NC)NCc1ccc(N2CCN(CC)CC2)nc1. The summed E-state index contributed by atoms with van der Waals surface area (Å²) < 4.78 is 5.72. The fourth-order valence-corrected chi connectivity index (χ4v) is 3.53. The zero-order valence-electron chi connectivity index (χ0n) is 18.7. The van der Waals surface area contributed by atoms with E-state index in [0.717, 1.165) is 61.4 Å². The summed E-state index contributed by atoms with van der Waals surface area (Å²) in [5.74, 6) is 2.64. The van der Waals surface area contributed by atoms with E-state index in [1.54, 1.807) is 13.1 Å². The number of guanidine groups is 1. The van der Waals surface area contributed by atoms with E-state index in [0.29, 0.717) is 19.7 Å². The van der Waals surface area contributed by atoms with E-state index in [1.807, 2.05) is 30.5 Å². The molecular formula is C24H34N6O. The number of likely N-dealkylation sites (N-methyl/N-ethyl adjacent to an activating group) is 1. The van der Waals surface area contributed by atoms with Crippen LogP contribution in [0.15, 0.2) is 60.2 Å². The number of piperazine rings is 1. The standard InChI is InChI=1S/C24H34N6O/c1-4-16-31-22-9-7-6-8-21(22)19-28-24(25-3)27-18-20-10-11-23(26-17-20)30-14-12-29(5-2)13-15-30/h4,6-11,17H,1,5,12-16,18-19H2,2-3H3,(H2,25,27,28). The predicted molar refractivity (Wildman–Crippen MR) is 128 cm³/mol. The molecule has 7 nitrogen and oxygen atoms in total. The number of nitrogens with one attached hydrogen (secondary N) is 2. The zero-order chi connectivity index (χ0) is 21.9. The highest BCUT2D eigenvalue weighted by molar-refractivity contribution is 5.79. The fourth-order valence-electron chi connectivity index (χ4n) is 3.53. The molecule has 0 spiro atoms. The van der Waals surface area contributed by atoms with Gasteiger partial charge in [-0.2, -0.15) is 0 Å². The number of benzene rings is 1. The lowest BCUT2D eigenvalue weighted by Crippen LogP contribution is -2.46. The van der Waals surface area contributed by atoms with Crippen molar-refractivity contribution in [3.63, 3.8) is 0 Å². The van der Waals surface area contributed by atoms with Crippen LogP contribution in [0.2, 0.25) is 0 Å². The maximum absolute atomic E-state index is 5.72. The van der Waals surface area contributed by atoms with Gasteiger partial charge in [0.05, 0.1) is 0 Å². The number of hydrogen-bond donors (Lipinski definition) is 2. The van der Waals surface area contributed by atoms with Crippen LogP contribution in [-0.2, 0) is 13.1 Å². The van der Waals surface area contributed by atoms with Gasteiger partial charge in [-0.3, -0.25) is 4.99 Å². The Morgan fingerprint density at radius 1 is 1.13 bits per heavy atom. The lowest BCUT2D eigenvalue weighted by atomic mass is 10.2. The third-order valence-electron chi connectivity index (χ3n) is 5.41. The molecule has 31 heavy (non-hydrogen) atoms. The van der Waals surface area contributed by atoms with Crippen molar-refractivity contribution in [2.45, 2.75) is 20.0 Å². The zero-order valence-corrected chi connectivity index (χ0v) is 18.7. The van der Waals surface area contributed by atoms with Gasteiger partial charge >= 0.3 is 0 Å². The van der Waals surface area contributed by atoms with Crippen molar-refractivity contribution >= 4 is 11.8 Å². The van der Waals surface area contributed by atoms with Crippen LogP contribution in [0.5, 0.6) is 5.75 Å². The van der Waals surface area contributed by atoms with Crippen LogP contribution >= 0.6 is 0 Å². The van der Waals surface area contributed by atoms with Gasteiger partial charge in [0.1, 0.15) is 18.2 Å². The quantitative estimate of drug-likeness (QED) is 0.368. The number of ether oxygens (including phenoxy) is 1. The van der Waals surface area contributed by atoms with Crippen molar-refractivity contribution in [3.8, 4) is 5.75 Å². The maximum atomic E-state index is 5.72. The van der Waals surface area contributed by atoms with Gasteiger partial charge in [0.15, 0.2) is 5.96 Å². The minimum absolute atomic E-state index is 0.487. The minimum Gasteiger partial charge on any atom is -0.489 e. The molecule has 0 unspecified atom stereocenters. The normalized spacial score (nSPS) is 14.9. The first-order valence-electron chi connectivity index (χ1n) is 10.9. The van der Waals surface area contributed by atoms with Gasteiger partial charge in [0.25, 0.3) is 0 Å². The Morgan fingerprint density at radius 2 is 1.90 bits per heavy atom. The second-order valence-corrected chi connectivity index (χ2v) is 7.43. The Balaban J connectivity index is 1.48. The van der Waals surface area contributed by atoms with E-state index in [-0.39, 0.29) is 0 Å². The molecule has 2 N–H and O–H groups in total. The molecule has 1 aromatic carbocycles. The van der Waals surface area contributed by atoms with Crippen LogP contribution in [0.1, 0.15) is 18.1 Å². The lowest BCUT2D eigenvalue weighted by Gasteiger charge is -2.34. The Morgan fingerprint density at radius 3 is 2.58 bits per heavy atom. The molecule has 0 radical (unpaired) electrons. The third-order valence-corrected chi connectivity index (χ3v) is 5.41. The first-order valence-corrected chi connectivity index (χ1v) is 10.9. The molecule has 2 aromatic rings. The second kappa shape index (κ2) is 12.0. The van der Waals surface area contributed by atoms with Crippen molar-refractivity contribution in [3.05, 3.63) is 66.4 Å². The highest BCUT2D eigenvalue weighted by Crippen LogP contribution is 2.17. The van der Waals surface area contributed by atoms with Crippen LogP contribution < -0.4 is 20.3 Å². The van der Waals surface area contributed by atoms with E-state index in [2.05, 4.69) is 56.0 Å². The molecule has 1 aliphatic heterocycles. The molecule has 0 saturated carbocycles. The van der Waals surface area contributed by atoms with Crippen LogP contribution in [-0.4, -0.2) is 62.2 Å². The number of anilines is 1. The van der Waals surface area contributed by atoms with Gasteiger partial charge < -0.3 is 25.2 Å². The summed E-state index contributed by atoms with van der Waals surface area (Å²) >= 11 is 0. The topological polar surface area (TPSA) is 65.0 Å². The summed E-state index contributed by atoms with van der Waals surface area (Å²) in [5.41, 5.74) is 2.19. The Bertz CT molecular complexity index is 843. The Labute approximate surface area is 185 Å². The molecule has 1 aliphatic rings. The molecule has 3 rings (SSSR count). The largest absolute Gasteiger partial charge is 0.489 e. The molecule has 1 saturated heterocycles. The van der Waals surface area contributed by atoms with E-state index in [9.17, 15) is 0 Å². The van der Waals surface area contributed by atoms with Gasteiger partial charge in [-0.15, -0.1) is 0 Å². The van der Waals surface area contributed by atoms with Crippen molar-refractivity contribution < 1.29 is 4.74 Å². The molecule has 0 bridgehead atoms. The number of nitrogens with zero attached hydrogens (tertiary/aromatic N) is 4. The molecular weight excluding hydrogens is 388 g/mol. The van der Waals surface area contributed by atoms with Gasteiger partial charge in [0, 0.05) is 58.1 Å². The highest BCUT2D eigenvalue weighted by atomic mass is 16.5. The second-order valence-electron chi connectivity index (χ2n) is 7.43. The number of pyridine rings is 1. The average molecular weight is 423 g/mol. The van der Waals surface area contributed by atoms with Crippen molar-refractivity contribution in [1.29, 1.82) is 0 Å². The monoisotopic (exact) mass is 422 g/mol. The summed E-state index contributed by atoms with van der Waals surface area (Å²) in [6.07, 6.45) is 3.69. The summed E-state index contributed by atoms with van der Waals surface area (Å²) in [4.78, 5) is 13.8. The number of hydrogen-bond acceptors (Lipinski definition) is 5. The molecule has 0 amide bonds. The number of para-hydroxylation sites is 1. The lowest BCUT2D eigenvalue weighted by molar-refractivity contribution is 0.270. The first-order chi connectivity index (χ1) is 15.2. The number of aromatic nitrogens is 1. The van der Waals surface area contributed by atoms with Crippen molar-refractivity contribution in [1.82, 2.24) is 20.5 Å². The predicted octanol–water partition coefficient (Wildman–Crippen LogP) is 2.65. The molecule has 166 valence electrons. The molecule has 1 fully saturated rings. The maximum Gasteiger partial charge on any atom is 0.191 e. The molecule has 2 heterocycles. The van der Waals surface area contributed by atoms with Crippen molar-refractivity contribution in [2.75, 3.05) is 51.3 Å². The molecule has 0 atom stereocenters. The van der Waals surface area contributed by atoms with Crippen LogP contribution in [0, 0.1) is 0 Å². The number of aliphatic imine (C=N–C) groups is 1. The first kappa shape index (κ1) is 22.6. The number of rotatable bonds is 9. The molecule has 7 heteroatoms. The van der Waals surface area contributed by atoms with Crippen LogP contribution in [0.4, 0.5) is 5.82 Å². The molecule has 1 aromatic heterocycles. The summed E-state index contributed by atoms with van der Waals surface area (Å²) in [5, 5.41) is 6.70. The Hall–Kier alpha value is -3.06. The smallest absolute Gasteiger partial charge is 0.191 e. The Kier molecular flexibility index (Phi) is 8.72. The van der Waals surface area contributed by atoms with Gasteiger partial charge in [-0.05, 0) is 24.2 Å². The van der Waals surface area contributed by atoms with E-state index < -0.39 is 0 Å². The van der Waals surface area contributed by atoms with Gasteiger partial charge in [-0.25, -0.2) is 4.98 Å². The van der Waals surface area contributed by atoms with E-state index in [1.165, 1.54) is 0 Å². The molecule has 0 aliphatic carbocycles. The van der Waals surface area contributed by atoms with E-state index >= 15 is 0 Å². The van der Waals surface area contributed by atoms with Gasteiger partial charge in [0.2, 0.25) is 0 Å². The average Bonchev–Trinajstić information content (AvgIpc) is 2.84. The summed E-state index contributed by atoms with van der Waals surface area (Å²) in [7, 11) is 1.77. The minimum atomic E-state index is 0.487. The van der Waals surface area contributed by atoms with Gasteiger partial charge in [-0.1, -0.05) is 43.8 Å². The van der Waals surface area contributed by atoms with Crippen LogP contribution in [0.3, 0.4) is 0 Å². The van der Waals surface area contributed by atoms with Crippen molar-refractivity contribution in [2.24, 2.45) is 4.99 Å². The summed E-state index contributed by atoms with van der Waals surface area (Å²) in [6, 6.07) is 12.2. The van der Waals surface area contributed by atoms with Crippen LogP contribution in [0.25, 0.3) is 0 Å². The third kappa shape index (κ3) is 6.72.